The molecule has 0 saturated heterocycles. The number of nitrogens with zero attached hydrogens (tertiary/aromatic N) is 1. The summed E-state index contributed by atoms with van der Waals surface area (Å²) in [4.78, 5) is 0. The van der Waals surface area contributed by atoms with Gasteiger partial charge in [0, 0.05) is 29.2 Å². The molecule has 7 rings (SSSR count). The predicted octanol–water partition coefficient (Wildman–Crippen LogP) is 7.73. The fraction of sp³-hybridized carbons (Fsp3) is 0.139. The third-order valence-corrected chi connectivity index (χ3v) is 11.2. The molecule has 0 amide bonds. The highest BCUT2D eigenvalue weighted by atomic mass is 31.1. The molecule has 5 aromatic carbocycles. The number of benzene rings is 5. The molecule has 184 valence electrons. The molecule has 2 heterocycles. The van der Waals surface area contributed by atoms with Crippen LogP contribution in [0.4, 0.5) is 0 Å². The van der Waals surface area contributed by atoms with E-state index in [-0.39, 0.29) is 5.54 Å². The molecular formula is C36H31NP+. The second-order valence-electron chi connectivity index (χ2n) is 10.3. The Morgan fingerprint density at radius 3 is 1.92 bits per heavy atom. The van der Waals surface area contributed by atoms with Crippen LogP contribution in [-0.4, -0.2) is 0 Å². The zero-order valence-corrected chi connectivity index (χ0v) is 22.9. The lowest BCUT2D eigenvalue weighted by atomic mass is 9.76. The van der Waals surface area contributed by atoms with Crippen molar-refractivity contribution in [2.75, 3.05) is 0 Å². The zero-order valence-electron chi connectivity index (χ0n) is 22.0. The van der Waals surface area contributed by atoms with E-state index in [0.29, 0.717) is 0 Å². The fourth-order valence-electron chi connectivity index (χ4n) is 6.72. The summed E-state index contributed by atoms with van der Waals surface area (Å²) in [5, 5.41) is 10.8. The van der Waals surface area contributed by atoms with E-state index in [2.05, 4.69) is 134 Å². The van der Waals surface area contributed by atoms with Gasteiger partial charge in [-0.3, -0.25) is 0 Å². The summed E-state index contributed by atoms with van der Waals surface area (Å²) in [7, 11) is -0.718. The van der Waals surface area contributed by atoms with Gasteiger partial charge in [-0.15, -0.1) is 0 Å². The maximum atomic E-state index is 4.78. The summed E-state index contributed by atoms with van der Waals surface area (Å²) < 4.78 is 2.58. The molecule has 1 nitrogen and oxygen atoms in total. The molecule has 6 aromatic rings. The molecule has 38 heavy (non-hydrogen) atoms. The van der Waals surface area contributed by atoms with Crippen LogP contribution in [0.2, 0.25) is 0 Å². The van der Waals surface area contributed by atoms with Crippen LogP contribution in [0.3, 0.4) is 0 Å². The van der Waals surface area contributed by atoms with E-state index in [0.717, 1.165) is 12.8 Å². The number of hydrogen-bond acceptors (Lipinski definition) is 0. The van der Waals surface area contributed by atoms with Crippen LogP contribution >= 0.6 is 7.92 Å². The van der Waals surface area contributed by atoms with Gasteiger partial charge in [-0.25, -0.2) is 0 Å². The summed E-state index contributed by atoms with van der Waals surface area (Å²) in [6.07, 6.45) is 4.42. The van der Waals surface area contributed by atoms with Crippen LogP contribution < -0.4 is 20.5 Å². The van der Waals surface area contributed by atoms with E-state index in [1.54, 1.807) is 0 Å². The van der Waals surface area contributed by atoms with Crippen molar-refractivity contribution < 1.29 is 4.57 Å². The molecule has 0 saturated carbocycles. The number of fused-ring (bicyclic) bond motifs is 2. The van der Waals surface area contributed by atoms with Crippen LogP contribution in [0.25, 0.3) is 38.0 Å². The summed E-state index contributed by atoms with van der Waals surface area (Å²) in [6, 6.07) is 40.4. The second-order valence-corrected chi connectivity index (χ2v) is 12.5. The molecule has 1 aliphatic rings. The first kappa shape index (κ1) is 23.3. The Bertz CT molecular complexity index is 1810. The highest BCUT2D eigenvalue weighted by Gasteiger charge is 2.46. The maximum absolute atomic E-state index is 4.78. The van der Waals surface area contributed by atoms with Gasteiger partial charge < -0.3 is 0 Å². The van der Waals surface area contributed by atoms with E-state index >= 15 is 0 Å². The monoisotopic (exact) mass is 508 g/mol. The van der Waals surface area contributed by atoms with Crippen LogP contribution in [0.5, 0.6) is 0 Å². The Kier molecular flexibility index (Phi) is 5.46. The van der Waals surface area contributed by atoms with E-state index < -0.39 is 7.92 Å². The first-order chi connectivity index (χ1) is 18.7. The van der Waals surface area contributed by atoms with Crippen LogP contribution in [0.1, 0.15) is 32.3 Å². The third kappa shape index (κ3) is 3.19. The highest BCUT2D eigenvalue weighted by molar-refractivity contribution is 7.80. The van der Waals surface area contributed by atoms with Crippen LogP contribution in [0.15, 0.2) is 122 Å². The summed E-state index contributed by atoms with van der Waals surface area (Å²) in [6.45, 7) is 9.40. The van der Waals surface area contributed by atoms with Gasteiger partial charge in [0.2, 0.25) is 5.52 Å². The molecule has 0 N–H and O–H groups in total. The van der Waals surface area contributed by atoms with Crippen molar-refractivity contribution >= 4 is 61.9 Å². The van der Waals surface area contributed by atoms with Gasteiger partial charge in [0.1, 0.15) is 0 Å². The SMILES string of the molecule is C=C1c2ccc(P(c3ccccc3)c3ccccc3)c3ccc4c5ccccc5c[n+](c4c23)C1(CC)CC. The molecule has 0 radical (unpaired) electrons. The molecule has 0 atom stereocenters. The van der Waals surface area contributed by atoms with Gasteiger partial charge in [0.25, 0.3) is 0 Å². The zero-order chi connectivity index (χ0) is 25.9. The first-order valence-electron chi connectivity index (χ1n) is 13.6. The third-order valence-electron chi connectivity index (χ3n) is 8.68. The van der Waals surface area contributed by atoms with Crippen LogP contribution in [-0.2, 0) is 5.54 Å². The minimum atomic E-state index is -0.718. The first-order valence-corrected chi connectivity index (χ1v) is 15.0. The molecule has 0 spiro atoms. The van der Waals surface area contributed by atoms with E-state index in [1.807, 2.05) is 0 Å². The molecule has 0 aliphatic carbocycles. The Hall–Kier alpha value is -3.80. The quantitative estimate of drug-likeness (QED) is 0.127. The number of rotatable bonds is 5. The van der Waals surface area contributed by atoms with Gasteiger partial charge in [-0.1, -0.05) is 117 Å². The van der Waals surface area contributed by atoms with Crippen LogP contribution in [0, 0.1) is 0 Å². The standard InChI is InChI=1S/C36H31NP/c1-4-36(5-2)25(3)29-22-23-33(38(27-15-8-6-9-16-27)28-17-10-7-11-18-28)32-21-20-31-30-19-13-12-14-26(30)24-37(36)35(31)34(29)32/h6-24H,3-5H2,1-2H3/q+1. The smallest absolute Gasteiger partial charge is 0.187 e. The predicted molar refractivity (Wildman–Crippen MR) is 165 cm³/mol. The fourth-order valence-corrected chi connectivity index (χ4v) is 9.16. The van der Waals surface area contributed by atoms with Gasteiger partial charge in [0.05, 0.1) is 10.8 Å². The van der Waals surface area contributed by atoms with Gasteiger partial charge >= 0.3 is 0 Å². The van der Waals surface area contributed by atoms with Crippen molar-refractivity contribution in [2.24, 2.45) is 0 Å². The highest BCUT2D eigenvalue weighted by Crippen LogP contribution is 2.47. The average molecular weight is 509 g/mol. The molecule has 1 aromatic heterocycles. The molecular weight excluding hydrogens is 477 g/mol. The normalized spacial score (nSPS) is 14.2. The summed E-state index contributed by atoms with van der Waals surface area (Å²) in [5.74, 6) is 0. The summed E-state index contributed by atoms with van der Waals surface area (Å²) >= 11 is 0. The number of aromatic nitrogens is 1. The van der Waals surface area contributed by atoms with E-state index in [4.69, 9.17) is 6.58 Å². The van der Waals surface area contributed by atoms with Crippen molar-refractivity contribution in [1.29, 1.82) is 0 Å². The van der Waals surface area contributed by atoms with Crippen molar-refractivity contribution in [3.05, 3.63) is 128 Å². The second kappa shape index (κ2) is 8.90. The Balaban J connectivity index is 1.65. The van der Waals surface area contributed by atoms with E-state index in [9.17, 15) is 0 Å². The Morgan fingerprint density at radius 1 is 0.658 bits per heavy atom. The van der Waals surface area contributed by atoms with Gasteiger partial charge in [-0.2, -0.15) is 4.57 Å². The lowest BCUT2D eigenvalue weighted by Crippen LogP contribution is -2.58. The van der Waals surface area contributed by atoms with E-state index in [1.165, 1.54) is 59.5 Å². The van der Waals surface area contributed by atoms with Crippen molar-refractivity contribution in [1.82, 2.24) is 0 Å². The molecule has 0 fully saturated rings. The average Bonchev–Trinajstić information content (AvgIpc) is 2.98. The minimum Gasteiger partial charge on any atom is -0.187 e. The Labute approximate surface area is 225 Å². The minimum absolute atomic E-state index is 0.130. The number of allylic oxidation sites excluding steroid dienone is 1. The molecule has 1 aliphatic heterocycles. The van der Waals surface area contributed by atoms with Crippen molar-refractivity contribution in [2.45, 2.75) is 32.2 Å². The lowest BCUT2D eigenvalue weighted by molar-refractivity contribution is -0.725. The molecule has 2 heteroatoms. The topological polar surface area (TPSA) is 3.88 Å². The van der Waals surface area contributed by atoms with Crippen molar-refractivity contribution in [3.63, 3.8) is 0 Å². The summed E-state index contributed by atoms with van der Waals surface area (Å²) in [5.41, 5.74) is 3.77. The number of hydrogen-bond donors (Lipinski definition) is 0. The lowest BCUT2D eigenvalue weighted by Gasteiger charge is -2.34. The van der Waals surface area contributed by atoms with Gasteiger partial charge in [-0.05, 0) is 46.9 Å². The van der Waals surface area contributed by atoms with Crippen molar-refractivity contribution in [3.8, 4) is 0 Å². The largest absolute Gasteiger partial charge is 0.222 e. The molecule has 0 unspecified atom stereocenters. The van der Waals surface area contributed by atoms with Gasteiger partial charge in [0.15, 0.2) is 11.7 Å². The molecule has 0 bridgehead atoms. The maximum Gasteiger partial charge on any atom is 0.222 e. The number of pyridine rings is 1. The Morgan fingerprint density at radius 2 is 1.26 bits per heavy atom.